The summed E-state index contributed by atoms with van der Waals surface area (Å²) >= 11 is 0. The van der Waals surface area contributed by atoms with Crippen molar-refractivity contribution in [3.05, 3.63) is 35.5 Å². The van der Waals surface area contributed by atoms with Gasteiger partial charge in [-0.05, 0) is 6.07 Å². The van der Waals surface area contributed by atoms with Gasteiger partial charge in [-0.15, -0.1) is 0 Å². The monoisotopic (exact) mass is 341 g/mol. The summed E-state index contributed by atoms with van der Waals surface area (Å²) in [5.41, 5.74) is 1.68. The second kappa shape index (κ2) is 4.26. The molecule has 25 heavy (non-hydrogen) atoms. The van der Waals surface area contributed by atoms with Crippen LogP contribution >= 0.6 is 0 Å². The van der Waals surface area contributed by atoms with Crippen LogP contribution < -0.4 is 4.90 Å². The van der Waals surface area contributed by atoms with Crippen LogP contribution in [0.1, 0.15) is 30.1 Å². The number of rotatable bonds is 1. The zero-order chi connectivity index (χ0) is 17.0. The number of quaternary nitrogens is 1. The van der Waals surface area contributed by atoms with Crippen LogP contribution in [0.3, 0.4) is 0 Å². The number of aromatic amines is 1. The number of hydrogen-bond donors (Lipinski definition) is 4. The number of fused-ring (bicyclic) bond motifs is 4. The van der Waals surface area contributed by atoms with Crippen molar-refractivity contribution in [1.29, 1.82) is 0 Å². The van der Waals surface area contributed by atoms with Crippen LogP contribution in [-0.2, 0) is 14.9 Å². The fourth-order valence-electron chi connectivity index (χ4n) is 6.41. The lowest BCUT2D eigenvalue weighted by atomic mass is 9.69. The molecule has 6 nitrogen and oxygen atoms in total. The molecule has 4 N–H and O–H groups in total. The normalized spacial score (nSPS) is 43.9. The molecule has 0 amide bonds. The number of ether oxygens (including phenoxy) is 1. The predicted octanol–water partition coefficient (Wildman–Crippen LogP) is 0.189. The maximum atomic E-state index is 12.6. The SMILES string of the molecule is O=C(O)[C@]12CO[C@]3(O)C1CC[NH+]1CC[C@@H]3[C@H]1c1c2[nH]c2ccccc12. The third-order valence-electron chi connectivity index (χ3n) is 7.41. The molecule has 0 radical (unpaired) electrons. The van der Waals surface area contributed by atoms with Gasteiger partial charge < -0.3 is 24.8 Å². The highest BCUT2D eigenvalue weighted by Gasteiger charge is 2.73. The van der Waals surface area contributed by atoms with E-state index in [1.165, 1.54) is 4.90 Å². The van der Waals surface area contributed by atoms with E-state index in [9.17, 15) is 15.0 Å². The fraction of sp³-hybridized carbons (Fsp3) is 0.526. The number of carboxylic acid groups (broad SMARTS) is 1. The summed E-state index contributed by atoms with van der Waals surface area (Å²) in [4.78, 5) is 17.5. The van der Waals surface area contributed by atoms with Gasteiger partial charge in [0.15, 0.2) is 5.79 Å². The molecule has 3 aliphatic heterocycles. The van der Waals surface area contributed by atoms with Crippen molar-refractivity contribution in [3.63, 3.8) is 0 Å². The van der Waals surface area contributed by atoms with E-state index < -0.39 is 23.1 Å². The number of para-hydroxylation sites is 1. The van der Waals surface area contributed by atoms with Crippen LogP contribution in [0.4, 0.5) is 0 Å². The van der Waals surface area contributed by atoms with E-state index in [-0.39, 0.29) is 18.6 Å². The summed E-state index contributed by atoms with van der Waals surface area (Å²) in [7, 11) is 0. The molecule has 6 heteroatoms. The van der Waals surface area contributed by atoms with Gasteiger partial charge in [-0.1, -0.05) is 18.2 Å². The number of carboxylic acids is 1. The number of benzene rings is 1. The molecule has 4 heterocycles. The summed E-state index contributed by atoms with van der Waals surface area (Å²) < 4.78 is 5.95. The molecule has 130 valence electrons. The quantitative estimate of drug-likeness (QED) is 0.596. The summed E-state index contributed by atoms with van der Waals surface area (Å²) in [5.74, 6) is -2.67. The first-order valence-corrected chi connectivity index (χ1v) is 9.13. The van der Waals surface area contributed by atoms with E-state index in [4.69, 9.17) is 4.74 Å². The van der Waals surface area contributed by atoms with Gasteiger partial charge in [0.05, 0.1) is 25.6 Å². The molecule has 6 bridgehead atoms. The predicted molar refractivity (Wildman–Crippen MR) is 88.2 cm³/mol. The molecule has 0 saturated carbocycles. The Hall–Kier alpha value is -1.89. The first kappa shape index (κ1) is 14.3. The Morgan fingerprint density at radius 1 is 1.28 bits per heavy atom. The van der Waals surface area contributed by atoms with Crippen molar-refractivity contribution in [2.24, 2.45) is 11.8 Å². The van der Waals surface area contributed by atoms with Crippen molar-refractivity contribution in [2.45, 2.75) is 30.1 Å². The molecule has 2 unspecified atom stereocenters. The minimum Gasteiger partial charge on any atom is -0.480 e. The van der Waals surface area contributed by atoms with Crippen molar-refractivity contribution < 1.29 is 24.6 Å². The highest BCUT2D eigenvalue weighted by atomic mass is 16.6. The number of aliphatic carboxylic acids is 1. The molecule has 4 aliphatic rings. The average Bonchev–Trinajstić information content (AvgIpc) is 3.19. The van der Waals surface area contributed by atoms with Crippen LogP contribution in [0.15, 0.2) is 24.3 Å². The van der Waals surface area contributed by atoms with E-state index in [1.54, 1.807) is 0 Å². The lowest BCUT2D eigenvalue weighted by molar-refractivity contribution is -0.920. The number of hydrogen-bond acceptors (Lipinski definition) is 3. The maximum absolute atomic E-state index is 12.6. The molecule has 2 aromatic rings. The Balaban J connectivity index is 1.78. The van der Waals surface area contributed by atoms with Crippen LogP contribution in [0.25, 0.3) is 10.9 Å². The van der Waals surface area contributed by atoms with Crippen molar-refractivity contribution >= 4 is 16.9 Å². The lowest BCUT2D eigenvalue weighted by Crippen LogP contribution is -3.10. The van der Waals surface area contributed by atoms with Crippen LogP contribution in [0.2, 0.25) is 0 Å². The molecule has 3 saturated heterocycles. The van der Waals surface area contributed by atoms with Gasteiger partial charge in [0.1, 0.15) is 11.5 Å². The lowest BCUT2D eigenvalue weighted by Gasteiger charge is -2.35. The average molecular weight is 341 g/mol. The van der Waals surface area contributed by atoms with Gasteiger partial charge in [-0.3, -0.25) is 4.79 Å². The number of aromatic nitrogens is 1. The third-order valence-corrected chi connectivity index (χ3v) is 7.41. The number of aliphatic hydroxyl groups is 1. The topological polar surface area (TPSA) is 87.0 Å². The highest BCUT2D eigenvalue weighted by Crippen LogP contribution is 2.60. The van der Waals surface area contributed by atoms with Gasteiger partial charge in [-0.2, -0.15) is 0 Å². The number of carbonyl (C=O) groups is 1. The Labute approximate surface area is 144 Å². The van der Waals surface area contributed by atoms with E-state index in [0.29, 0.717) is 6.42 Å². The largest absolute Gasteiger partial charge is 0.480 e. The van der Waals surface area contributed by atoms with E-state index in [2.05, 4.69) is 11.1 Å². The van der Waals surface area contributed by atoms with Crippen LogP contribution in [0, 0.1) is 11.8 Å². The van der Waals surface area contributed by atoms with Crippen molar-refractivity contribution in [1.82, 2.24) is 4.98 Å². The van der Waals surface area contributed by atoms with Gasteiger partial charge in [-0.25, -0.2) is 0 Å². The number of H-pyrrole nitrogens is 1. The maximum Gasteiger partial charge on any atom is 0.318 e. The van der Waals surface area contributed by atoms with Gasteiger partial charge in [0.25, 0.3) is 0 Å². The van der Waals surface area contributed by atoms with E-state index in [0.717, 1.165) is 41.7 Å². The third kappa shape index (κ3) is 1.39. The first-order valence-electron chi connectivity index (χ1n) is 9.13. The Morgan fingerprint density at radius 2 is 2.08 bits per heavy atom. The zero-order valence-corrected chi connectivity index (χ0v) is 13.8. The molecule has 1 aromatic carbocycles. The molecule has 6 atom stereocenters. The molecule has 6 rings (SSSR count). The van der Waals surface area contributed by atoms with Crippen molar-refractivity contribution in [2.75, 3.05) is 19.7 Å². The van der Waals surface area contributed by atoms with E-state index >= 15 is 0 Å². The minimum absolute atomic E-state index is 0.0435. The molecule has 1 aliphatic carbocycles. The number of nitrogens with one attached hydrogen (secondary N) is 2. The van der Waals surface area contributed by atoms with Crippen molar-refractivity contribution in [3.8, 4) is 0 Å². The molecule has 3 fully saturated rings. The Kier molecular flexibility index (Phi) is 2.43. The smallest absolute Gasteiger partial charge is 0.318 e. The van der Waals surface area contributed by atoms with Gasteiger partial charge in [0.2, 0.25) is 0 Å². The zero-order valence-electron chi connectivity index (χ0n) is 13.8. The summed E-state index contributed by atoms with van der Waals surface area (Å²) in [6.07, 6.45) is 1.56. The van der Waals surface area contributed by atoms with Crippen LogP contribution in [-0.4, -0.2) is 46.6 Å². The Bertz CT molecular complexity index is 923. The molecular weight excluding hydrogens is 320 g/mol. The van der Waals surface area contributed by atoms with Gasteiger partial charge >= 0.3 is 5.97 Å². The summed E-state index contributed by atoms with van der Waals surface area (Å²) in [6, 6.07) is 8.17. The molecule has 1 aromatic heterocycles. The molecular formula is C19H21N2O4+. The van der Waals surface area contributed by atoms with Crippen LogP contribution in [0.5, 0.6) is 0 Å². The standard InChI is InChI=1S/C19H20N2O4/c22-17(23)18-9-25-19(24)11-5-7-21(8-6-13(18)19)15(11)14-10-3-1-2-4-12(10)20-16(14)18/h1-4,11,13,15,20,24H,5-9H2,(H,22,23)/p+1/t11-,13?,15+,18-,19+/m1/s1. The highest BCUT2D eigenvalue weighted by molar-refractivity contribution is 5.91. The Morgan fingerprint density at radius 3 is 2.92 bits per heavy atom. The first-order chi connectivity index (χ1) is 12.1. The fourth-order valence-corrected chi connectivity index (χ4v) is 6.41. The summed E-state index contributed by atoms with van der Waals surface area (Å²) in [6.45, 7) is 1.94. The minimum atomic E-state index is -1.33. The summed E-state index contributed by atoms with van der Waals surface area (Å²) in [5, 5.41) is 22.9. The second-order valence-electron chi connectivity index (χ2n) is 8.15. The second-order valence-corrected chi connectivity index (χ2v) is 8.15. The molecule has 0 spiro atoms. The van der Waals surface area contributed by atoms with E-state index in [1.807, 2.05) is 18.2 Å². The van der Waals surface area contributed by atoms with Gasteiger partial charge in [0, 0.05) is 40.9 Å².